The number of hydrogen-bond donors (Lipinski definition) is 1. The van der Waals surface area contributed by atoms with E-state index in [4.69, 9.17) is 14.6 Å². The standard InChI is InChI=1S/C12H14O4/c1-15-10-2-3-11-9(7-10)6-8(12(13)14)4-5-16-11/h2-3,7-8H,4-6H2,1H3,(H,13,14). The van der Waals surface area contributed by atoms with E-state index in [0.717, 1.165) is 17.1 Å². The van der Waals surface area contributed by atoms with E-state index in [-0.39, 0.29) is 5.92 Å². The van der Waals surface area contributed by atoms with Crippen LogP contribution in [0.25, 0.3) is 0 Å². The van der Waals surface area contributed by atoms with Crippen LogP contribution >= 0.6 is 0 Å². The molecule has 1 aromatic carbocycles. The molecule has 2 rings (SSSR count). The molecule has 86 valence electrons. The van der Waals surface area contributed by atoms with E-state index in [1.54, 1.807) is 7.11 Å². The van der Waals surface area contributed by atoms with Crippen LogP contribution in [0.3, 0.4) is 0 Å². The van der Waals surface area contributed by atoms with Crippen molar-refractivity contribution in [2.75, 3.05) is 13.7 Å². The zero-order chi connectivity index (χ0) is 11.5. The molecule has 0 spiro atoms. The molecule has 4 heteroatoms. The highest BCUT2D eigenvalue weighted by molar-refractivity contribution is 5.70. The van der Waals surface area contributed by atoms with Crippen molar-refractivity contribution in [3.8, 4) is 11.5 Å². The second-order valence-corrected chi connectivity index (χ2v) is 3.85. The molecule has 0 amide bonds. The van der Waals surface area contributed by atoms with Gasteiger partial charge in [-0.1, -0.05) is 0 Å². The lowest BCUT2D eigenvalue weighted by Crippen LogP contribution is -2.16. The van der Waals surface area contributed by atoms with Crippen LogP contribution in [0.2, 0.25) is 0 Å². The molecule has 1 aromatic rings. The van der Waals surface area contributed by atoms with Crippen LogP contribution in [-0.2, 0) is 11.2 Å². The van der Waals surface area contributed by atoms with E-state index in [2.05, 4.69) is 0 Å². The third-order valence-electron chi connectivity index (χ3n) is 2.81. The van der Waals surface area contributed by atoms with Crippen molar-refractivity contribution >= 4 is 5.97 Å². The van der Waals surface area contributed by atoms with Gasteiger partial charge in [0.2, 0.25) is 0 Å². The molecule has 0 aliphatic carbocycles. The molecule has 0 saturated heterocycles. The molecular weight excluding hydrogens is 208 g/mol. The molecule has 4 nitrogen and oxygen atoms in total. The first-order valence-electron chi connectivity index (χ1n) is 5.23. The summed E-state index contributed by atoms with van der Waals surface area (Å²) in [4.78, 5) is 11.0. The Kier molecular flexibility index (Phi) is 2.99. The summed E-state index contributed by atoms with van der Waals surface area (Å²) in [5.41, 5.74) is 0.907. The Morgan fingerprint density at radius 1 is 1.56 bits per heavy atom. The number of carboxylic acids is 1. The summed E-state index contributed by atoms with van der Waals surface area (Å²) in [5.74, 6) is 0.366. The number of carboxylic acid groups (broad SMARTS) is 1. The Balaban J connectivity index is 2.30. The third-order valence-corrected chi connectivity index (χ3v) is 2.81. The van der Waals surface area contributed by atoms with Gasteiger partial charge in [0.1, 0.15) is 11.5 Å². The Bertz CT molecular complexity index is 400. The summed E-state index contributed by atoms with van der Waals surface area (Å²) in [7, 11) is 1.59. The summed E-state index contributed by atoms with van der Waals surface area (Å²) >= 11 is 0. The maximum atomic E-state index is 11.0. The van der Waals surface area contributed by atoms with Gasteiger partial charge in [-0.05, 0) is 36.6 Å². The number of methoxy groups -OCH3 is 1. The molecule has 1 heterocycles. The quantitative estimate of drug-likeness (QED) is 0.827. The lowest BCUT2D eigenvalue weighted by molar-refractivity contribution is -0.142. The van der Waals surface area contributed by atoms with Crippen molar-refractivity contribution in [1.29, 1.82) is 0 Å². The lowest BCUT2D eigenvalue weighted by atomic mass is 9.97. The van der Waals surface area contributed by atoms with Gasteiger partial charge in [0.05, 0.1) is 19.6 Å². The van der Waals surface area contributed by atoms with E-state index in [1.807, 2.05) is 18.2 Å². The fourth-order valence-corrected chi connectivity index (χ4v) is 1.87. The molecule has 1 unspecified atom stereocenters. The number of ether oxygens (including phenoxy) is 2. The van der Waals surface area contributed by atoms with Crippen LogP contribution < -0.4 is 9.47 Å². The molecule has 0 bridgehead atoms. The summed E-state index contributed by atoms with van der Waals surface area (Å²) in [6.45, 7) is 0.455. The molecule has 1 aliphatic rings. The van der Waals surface area contributed by atoms with Gasteiger partial charge in [0, 0.05) is 0 Å². The first-order valence-corrected chi connectivity index (χ1v) is 5.23. The summed E-state index contributed by atoms with van der Waals surface area (Å²) in [6.07, 6.45) is 1.05. The van der Waals surface area contributed by atoms with E-state index in [1.165, 1.54) is 0 Å². The van der Waals surface area contributed by atoms with Crippen molar-refractivity contribution in [2.45, 2.75) is 12.8 Å². The molecular formula is C12H14O4. The first-order chi connectivity index (χ1) is 7.70. The highest BCUT2D eigenvalue weighted by Gasteiger charge is 2.23. The van der Waals surface area contributed by atoms with Crippen molar-refractivity contribution < 1.29 is 19.4 Å². The smallest absolute Gasteiger partial charge is 0.306 e. The van der Waals surface area contributed by atoms with E-state index >= 15 is 0 Å². The summed E-state index contributed by atoms with van der Waals surface area (Å²) in [5, 5.41) is 9.03. The van der Waals surface area contributed by atoms with Gasteiger partial charge >= 0.3 is 5.97 Å². The Hall–Kier alpha value is -1.71. The van der Waals surface area contributed by atoms with Gasteiger partial charge in [-0.2, -0.15) is 0 Å². The van der Waals surface area contributed by atoms with Crippen molar-refractivity contribution in [2.24, 2.45) is 5.92 Å². The molecule has 0 fully saturated rings. The highest BCUT2D eigenvalue weighted by Crippen LogP contribution is 2.30. The van der Waals surface area contributed by atoms with Crippen LogP contribution in [0.15, 0.2) is 18.2 Å². The Morgan fingerprint density at radius 2 is 2.38 bits per heavy atom. The van der Waals surface area contributed by atoms with Crippen molar-refractivity contribution in [1.82, 2.24) is 0 Å². The molecule has 0 saturated carbocycles. The zero-order valence-corrected chi connectivity index (χ0v) is 9.10. The largest absolute Gasteiger partial charge is 0.497 e. The maximum Gasteiger partial charge on any atom is 0.306 e. The minimum Gasteiger partial charge on any atom is -0.497 e. The number of benzene rings is 1. The fraction of sp³-hybridized carbons (Fsp3) is 0.417. The molecule has 0 radical (unpaired) electrons. The normalized spacial score (nSPS) is 19.2. The van der Waals surface area contributed by atoms with Crippen LogP contribution in [0.4, 0.5) is 0 Å². The van der Waals surface area contributed by atoms with Gasteiger partial charge in [-0.3, -0.25) is 4.79 Å². The minimum absolute atomic E-state index is 0.367. The van der Waals surface area contributed by atoms with Crippen LogP contribution in [-0.4, -0.2) is 24.8 Å². The summed E-state index contributed by atoms with van der Waals surface area (Å²) < 4.78 is 10.6. The predicted octanol–water partition coefficient (Wildman–Crippen LogP) is 1.72. The number of fused-ring (bicyclic) bond motifs is 1. The van der Waals surface area contributed by atoms with Gasteiger partial charge < -0.3 is 14.6 Å². The SMILES string of the molecule is COc1ccc2c(c1)CC(C(=O)O)CCO2. The molecule has 1 aliphatic heterocycles. The molecule has 1 N–H and O–H groups in total. The number of rotatable bonds is 2. The topological polar surface area (TPSA) is 55.8 Å². The predicted molar refractivity (Wildman–Crippen MR) is 57.9 cm³/mol. The van der Waals surface area contributed by atoms with E-state index in [0.29, 0.717) is 19.4 Å². The van der Waals surface area contributed by atoms with Crippen LogP contribution in [0, 0.1) is 5.92 Å². The number of aliphatic carboxylic acids is 1. The van der Waals surface area contributed by atoms with Crippen LogP contribution in [0.5, 0.6) is 11.5 Å². The number of hydrogen-bond acceptors (Lipinski definition) is 3. The maximum absolute atomic E-state index is 11.0. The van der Waals surface area contributed by atoms with Gasteiger partial charge in [-0.25, -0.2) is 0 Å². The minimum atomic E-state index is -0.765. The third kappa shape index (κ3) is 2.10. The monoisotopic (exact) mass is 222 g/mol. The average Bonchev–Trinajstić information content (AvgIpc) is 2.49. The van der Waals surface area contributed by atoms with Crippen LogP contribution in [0.1, 0.15) is 12.0 Å². The Morgan fingerprint density at radius 3 is 3.06 bits per heavy atom. The molecule has 1 atom stereocenters. The van der Waals surface area contributed by atoms with E-state index in [9.17, 15) is 4.79 Å². The fourth-order valence-electron chi connectivity index (χ4n) is 1.87. The van der Waals surface area contributed by atoms with Crippen molar-refractivity contribution in [3.63, 3.8) is 0 Å². The second kappa shape index (κ2) is 4.43. The summed E-state index contributed by atoms with van der Waals surface area (Å²) in [6, 6.07) is 5.49. The van der Waals surface area contributed by atoms with E-state index < -0.39 is 5.97 Å². The zero-order valence-electron chi connectivity index (χ0n) is 9.10. The second-order valence-electron chi connectivity index (χ2n) is 3.85. The molecule has 16 heavy (non-hydrogen) atoms. The van der Waals surface area contributed by atoms with Crippen molar-refractivity contribution in [3.05, 3.63) is 23.8 Å². The van der Waals surface area contributed by atoms with Gasteiger partial charge in [-0.15, -0.1) is 0 Å². The van der Waals surface area contributed by atoms with Gasteiger partial charge in [0.25, 0.3) is 0 Å². The highest BCUT2D eigenvalue weighted by atomic mass is 16.5. The molecule has 0 aromatic heterocycles. The van der Waals surface area contributed by atoms with Gasteiger partial charge in [0.15, 0.2) is 0 Å². The number of carbonyl (C=O) groups is 1. The first kappa shape index (κ1) is 10.8. The lowest BCUT2D eigenvalue weighted by Gasteiger charge is -2.09. The average molecular weight is 222 g/mol. The Labute approximate surface area is 93.8 Å².